The predicted molar refractivity (Wildman–Crippen MR) is 75.6 cm³/mol. The Morgan fingerprint density at radius 3 is 2.68 bits per heavy atom. The smallest absolute Gasteiger partial charge is 0.253 e. The van der Waals surface area contributed by atoms with Gasteiger partial charge in [-0.1, -0.05) is 20.3 Å². The maximum absolute atomic E-state index is 13.2. The van der Waals surface area contributed by atoms with Gasteiger partial charge in [0.05, 0.1) is 0 Å². The first-order valence-electron chi connectivity index (χ1n) is 7.17. The van der Waals surface area contributed by atoms with Crippen LogP contribution in [0.5, 0.6) is 0 Å². The second-order valence-electron chi connectivity index (χ2n) is 5.03. The number of hydrogen-bond acceptors (Lipinski definition) is 4. The Kier molecular flexibility index (Phi) is 5.09. The monoisotopic (exact) mass is 291 g/mol. The Hall–Kier alpha value is -0.330. The van der Waals surface area contributed by atoms with E-state index in [-0.39, 0.29) is 19.1 Å². The highest BCUT2D eigenvalue weighted by atomic mass is 32.2. The number of hydrogen-bond donors (Lipinski definition) is 3. The first-order valence-corrected chi connectivity index (χ1v) is 7.99. The van der Waals surface area contributed by atoms with Crippen LogP contribution in [0, 0.1) is 0 Å². The zero-order valence-electron chi connectivity index (χ0n) is 11.6. The minimum absolute atomic E-state index is 0.0239. The Labute approximate surface area is 118 Å². The molecule has 0 saturated heterocycles. The van der Waals surface area contributed by atoms with Crippen LogP contribution in [0.15, 0.2) is 10.6 Å². The second-order valence-corrected chi connectivity index (χ2v) is 5.96. The molecule has 3 N–H and O–H groups in total. The summed E-state index contributed by atoms with van der Waals surface area (Å²) < 4.78 is 29.6. The molecule has 1 aliphatic heterocycles. The van der Waals surface area contributed by atoms with Gasteiger partial charge in [0.15, 0.2) is 0 Å². The summed E-state index contributed by atoms with van der Waals surface area (Å²) in [5.74, 6) is -2.52. The third-order valence-corrected chi connectivity index (χ3v) is 4.61. The zero-order valence-corrected chi connectivity index (χ0v) is 12.4. The standard InChI is InChI=1S/C11H17F2N3S.C2H6/c12-11(13)5-4-8-9(6-11)17-16-10(15-8)14-7-2-1-3-7;1-2/h7,10,14-16H,1-6H2;1-2H3. The summed E-state index contributed by atoms with van der Waals surface area (Å²) in [6, 6.07) is 0.577. The molecule has 3 nitrogen and oxygen atoms in total. The summed E-state index contributed by atoms with van der Waals surface area (Å²) in [5.41, 5.74) is 0.997. The van der Waals surface area contributed by atoms with Gasteiger partial charge < -0.3 is 5.32 Å². The van der Waals surface area contributed by atoms with E-state index in [9.17, 15) is 8.78 Å². The van der Waals surface area contributed by atoms with Gasteiger partial charge in [-0.05, 0) is 31.2 Å². The SMILES string of the molecule is CC.FC1(F)CCC2=C(C1)SNC(NC1CCC1)N2. The van der Waals surface area contributed by atoms with Gasteiger partial charge in [0.1, 0.15) is 6.29 Å². The maximum Gasteiger partial charge on any atom is 0.253 e. The molecule has 1 atom stereocenters. The molecule has 2 aliphatic carbocycles. The first-order chi connectivity index (χ1) is 9.12. The largest absolute Gasteiger partial charge is 0.360 e. The van der Waals surface area contributed by atoms with Gasteiger partial charge in [-0.3, -0.25) is 5.32 Å². The van der Waals surface area contributed by atoms with Crippen molar-refractivity contribution < 1.29 is 8.78 Å². The molecule has 0 aromatic carbocycles. The van der Waals surface area contributed by atoms with Crippen LogP contribution in [-0.2, 0) is 0 Å². The van der Waals surface area contributed by atoms with Crippen molar-refractivity contribution in [2.24, 2.45) is 0 Å². The number of rotatable bonds is 2. The van der Waals surface area contributed by atoms with Gasteiger partial charge >= 0.3 is 0 Å². The lowest BCUT2D eigenvalue weighted by molar-refractivity contribution is -0.0111. The van der Waals surface area contributed by atoms with Crippen LogP contribution in [0.1, 0.15) is 52.4 Å². The van der Waals surface area contributed by atoms with E-state index in [4.69, 9.17) is 0 Å². The Bertz CT molecular complexity index is 343. The van der Waals surface area contributed by atoms with Crippen LogP contribution in [-0.4, -0.2) is 18.3 Å². The van der Waals surface area contributed by atoms with Crippen LogP contribution in [0.4, 0.5) is 8.78 Å². The van der Waals surface area contributed by atoms with Crippen molar-refractivity contribution in [2.45, 2.75) is 70.6 Å². The molecular formula is C13H23F2N3S. The summed E-state index contributed by atoms with van der Waals surface area (Å²) >= 11 is 1.36. The normalized spacial score (nSPS) is 29.6. The molecule has 0 bridgehead atoms. The van der Waals surface area contributed by atoms with E-state index in [1.54, 1.807) is 0 Å². The summed E-state index contributed by atoms with van der Waals surface area (Å²) in [6.07, 6.45) is 4.05. The van der Waals surface area contributed by atoms with Gasteiger partial charge in [-0.2, -0.15) is 0 Å². The summed E-state index contributed by atoms with van der Waals surface area (Å²) in [6.45, 7) is 4.00. The van der Waals surface area contributed by atoms with Crippen molar-refractivity contribution in [1.82, 2.24) is 15.4 Å². The summed E-state index contributed by atoms with van der Waals surface area (Å²) in [5, 5.41) is 6.74. The Morgan fingerprint density at radius 2 is 2.05 bits per heavy atom. The number of nitrogens with one attached hydrogen (secondary N) is 3. The molecule has 0 radical (unpaired) electrons. The molecule has 110 valence electrons. The molecule has 0 spiro atoms. The number of allylic oxidation sites excluding steroid dienone is 2. The molecule has 0 aromatic rings. The molecule has 1 heterocycles. The van der Waals surface area contributed by atoms with E-state index in [1.807, 2.05) is 13.8 Å². The lowest BCUT2D eigenvalue weighted by atomic mass is 9.93. The average molecular weight is 291 g/mol. The van der Waals surface area contributed by atoms with Crippen molar-refractivity contribution in [3.05, 3.63) is 10.6 Å². The second kappa shape index (κ2) is 6.41. The molecular weight excluding hydrogens is 268 g/mol. The van der Waals surface area contributed by atoms with Crippen LogP contribution in [0.25, 0.3) is 0 Å². The molecule has 0 aromatic heterocycles. The summed E-state index contributed by atoms with van der Waals surface area (Å²) in [4.78, 5) is 0.771. The van der Waals surface area contributed by atoms with Crippen molar-refractivity contribution in [2.75, 3.05) is 0 Å². The summed E-state index contributed by atoms with van der Waals surface area (Å²) in [7, 11) is 0. The highest BCUT2D eigenvalue weighted by Crippen LogP contribution is 2.41. The fourth-order valence-electron chi connectivity index (χ4n) is 2.35. The van der Waals surface area contributed by atoms with Crippen molar-refractivity contribution in [1.29, 1.82) is 0 Å². The van der Waals surface area contributed by atoms with Crippen LogP contribution in [0.2, 0.25) is 0 Å². The lowest BCUT2D eigenvalue weighted by Gasteiger charge is -2.38. The molecule has 6 heteroatoms. The molecule has 1 fully saturated rings. The third-order valence-electron chi connectivity index (χ3n) is 3.62. The van der Waals surface area contributed by atoms with Crippen LogP contribution < -0.4 is 15.4 Å². The Morgan fingerprint density at radius 1 is 1.32 bits per heavy atom. The minimum Gasteiger partial charge on any atom is -0.360 e. The lowest BCUT2D eigenvalue weighted by Crippen LogP contribution is -2.57. The number of halogens is 2. The van der Waals surface area contributed by atoms with Gasteiger partial charge in [-0.25, -0.2) is 13.5 Å². The third kappa shape index (κ3) is 3.83. The van der Waals surface area contributed by atoms with E-state index >= 15 is 0 Å². The van der Waals surface area contributed by atoms with E-state index in [0.717, 1.165) is 10.6 Å². The maximum atomic E-state index is 13.2. The van der Waals surface area contributed by atoms with Gasteiger partial charge in [0.25, 0.3) is 5.92 Å². The number of alkyl halides is 2. The van der Waals surface area contributed by atoms with Crippen molar-refractivity contribution >= 4 is 11.9 Å². The van der Waals surface area contributed by atoms with E-state index in [0.29, 0.717) is 12.5 Å². The van der Waals surface area contributed by atoms with Crippen LogP contribution >= 0.6 is 11.9 Å². The van der Waals surface area contributed by atoms with Crippen molar-refractivity contribution in [3.63, 3.8) is 0 Å². The average Bonchev–Trinajstić information content (AvgIpc) is 2.35. The van der Waals surface area contributed by atoms with E-state index < -0.39 is 5.92 Å². The molecule has 3 rings (SSSR count). The molecule has 19 heavy (non-hydrogen) atoms. The molecule has 0 amide bonds. The van der Waals surface area contributed by atoms with Gasteiger partial charge in [0.2, 0.25) is 0 Å². The highest BCUT2D eigenvalue weighted by molar-refractivity contribution is 8.01. The molecule has 1 unspecified atom stereocenters. The molecule has 1 saturated carbocycles. The van der Waals surface area contributed by atoms with E-state index in [2.05, 4.69) is 15.4 Å². The first kappa shape index (κ1) is 15.1. The quantitative estimate of drug-likeness (QED) is 0.682. The van der Waals surface area contributed by atoms with Crippen molar-refractivity contribution in [3.8, 4) is 0 Å². The Balaban J connectivity index is 0.000000637. The fourth-order valence-corrected chi connectivity index (χ4v) is 3.30. The zero-order chi connectivity index (χ0) is 13.9. The highest BCUT2D eigenvalue weighted by Gasteiger charge is 2.38. The van der Waals surface area contributed by atoms with Gasteiger partial charge in [-0.15, -0.1) is 0 Å². The topological polar surface area (TPSA) is 36.1 Å². The fraction of sp³-hybridized carbons (Fsp3) is 0.846. The van der Waals surface area contributed by atoms with E-state index in [1.165, 1.54) is 31.2 Å². The predicted octanol–water partition coefficient (Wildman–Crippen LogP) is 3.31. The van der Waals surface area contributed by atoms with Crippen LogP contribution in [0.3, 0.4) is 0 Å². The molecule has 3 aliphatic rings. The van der Waals surface area contributed by atoms with Gasteiger partial charge in [0, 0.05) is 29.5 Å². The minimum atomic E-state index is -2.52.